The molecule has 14 nitrogen and oxygen atoms in total. The molecule has 0 spiro atoms. The van der Waals surface area contributed by atoms with Gasteiger partial charge in [0.1, 0.15) is 12.3 Å². The third-order valence-electron chi connectivity index (χ3n) is 10.0. The van der Waals surface area contributed by atoms with Crippen LogP contribution in [0.1, 0.15) is 22.3 Å². The van der Waals surface area contributed by atoms with Crippen LogP contribution in [0.2, 0.25) is 0 Å². The fourth-order valence-corrected chi connectivity index (χ4v) is 17.6. The average Bonchev–Trinajstić information content (AvgIpc) is 3.63. The van der Waals surface area contributed by atoms with Crippen molar-refractivity contribution in [1.82, 2.24) is 19.6 Å². The number of fused-ring (bicyclic) bond motifs is 1. The number of hydrogen-bond donors (Lipinski definition) is 0. The van der Waals surface area contributed by atoms with Crippen molar-refractivity contribution in [2.45, 2.75) is 59.6 Å². The number of amides is 4. The molecule has 6 rings (SSSR count). The first-order valence-corrected chi connectivity index (χ1v) is 31.1. The molecule has 0 atom stereocenters. The Morgan fingerprint density at radius 1 is 0.355 bits per heavy atom. The van der Waals surface area contributed by atoms with Crippen molar-refractivity contribution in [3.63, 3.8) is 0 Å². The first-order chi connectivity index (χ1) is 29.2. The van der Waals surface area contributed by atoms with Crippen LogP contribution in [-0.2, 0) is 35.5 Å². The first-order valence-electron chi connectivity index (χ1n) is 19.2. The number of hydrogen-bond acceptors (Lipinski definition) is 14. The molecular weight excluding hydrogens is 953 g/mol. The van der Waals surface area contributed by atoms with Crippen LogP contribution in [0.15, 0.2) is 117 Å². The van der Waals surface area contributed by atoms with Crippen molar-refractivity contribution in [2.24, 2.45) is 0 Å². The van der Waals surface area contributed by atoms with E-state index in [1.54, 1.807) is 48.5 Å². The SMILES string of the molecule is Cc1ccc(S(=O)(=O)SCCN2C(=O)N(CCSS(=O)(=O)c3ccc(C)cc3)C3C2N(CCSS(=O)(=O)c2ccc(C)cc2)C(=O)N3CCSS(=O)(=O)c2ccc(C)cc2)cc1. The zero-order chi connectivity index (χ0) is 45.0. The third kappa shape index (κ3) is 11.3. The maximum atomic E-state index is 14.5. The summed E-state index contributed by atoms with van der Waals surface area (Å²) in [5.41, 5.74) is 3.50. The molecule has 0 radical (unpaired) electrons. The molecule has 4 amide bonds. The average molecular weight is 999 g/mol. The van der Waals surface area contributed by atoms with Crippen LogP contribution in [0.5, 0.6) is 0 Å². The molecule has 0 unspecified atom stereocenters. The summed E-state index contributed by atoms with van der Waals surface area (Å²) < 4.78 is 107. The number of urea groups is 2. The normalized spacial score (nSPS) is 17.3. The fourth-order valence-electron chi connectivity index (χ4n) is 6.75. The van der Waals surface area contributed by atoms with E-state index in [9.17, 15) is 43.3 Å². The molecule has 62 heavy (non-hydrogen) atoms. The van der Waals surface area contributed by atoms with Crippen LogP contribution >= 0.6 is 43.2 Å². The van der Waals surface area contributed by atoms with Crippen LogP contribution in [0, 0.1) is 27.7 Å². The lowest BCUT2D eigenvalue weighted by Crippen LogP contribution is -2.48. The lowest BCUT2D eigenvalue weighted by Gasteiger charge is -2.30. The lowest BCUT2D eigenvalue weighted by atomic mass is 10.2. The molecule has 4 aromatic carbocycles. The molecule has 2 fully saturated rings. The molecule has 22 heteroatoms. The van der Waals surface area contributed by atoms with E-state index in [2.05, 4.69) is 0 Å². The van der Waals surface area contributed by atoms with Crippen molar-refractivity contribution >= 4 is 90.7 Å². The summed E-state index contributed by atoms with van der Waals surface area (Å²) in [6.45, 7) is 6.73. The fraction of sp³-hybridized carbons (Fsp3) is 0.350. The highest BCUT2D eigenvalue weighted by molar-refractivity contribution is 8.73. The maximum absolute atomic E-state index is 14.5. The van der Waals surface area contributed by atoms with Crippen LogP contribution < -0.4 is 0 Å². The van der Waals surface area contributed by atoms with E-state index in [0.717, 1.165) is 22.3 Å². The topological polar surface area (TPSA) is 184 Å². The summed E-state index contributed by atoms with van der Waals surface area (Å²) in [5, 5.41) is 0. The van der Waals surface area contributed by atoms with E-state index < -0.39 is 59.9 Å². The Balaban J connectivity index is 1.28. The van der Waals surface area contributed by atoms with Gasteiger partial charge in [0, 0.05) is 49.2 Å². The predicted octanol–water partition coefficient (Wildman–Crippen LogP) is 6.84. The Morgan fingerprint density at radius 3 is 0.710 bits per heavy atom. The minimum Gasteiger partial charge on any atom is -0.299 e. The zero-order valence-electron chi connectivity index (χ0n) is 34.2. The molecule has 0 saturated carbocycles. The summed E-state index contributed by atoms with van der Waals surface area (Å²) in [4.78, 5) is 34.8. The van der Waals surface area contributed by atoms with Crippen LogP contribution in [0.3, 0.4) is 0 Å². The molecule has 2 saturated heterocycles. The molecule has 0 N–H and O–H groups in total. The maximum Gasteiger partial charge on any atom is 0.323 e. The Kier molecular flexibility index (Phi) is 15.3. The summed E-state index contributed by atoms with van der Waals surface area (Å²) >= 11 is 0. The number of carbonyl (C=O) groups excluding carboxylic acids is 2. The number of carbonyl (C=O) groups is 2. The molecule has 0 aliphatic carbocycles. The second-order valence-corrected chi connectivity index (χ2v) is 30.7. The van der Waals surface area contributed by atoms with Gasteiger partial charge in [-0.15, -0.1) is 0 Å². The smallest absolute Gasteiger partial charge is 0.299 e. The standard InChI is InChI=1S/C40H46N4O10S8/c1-29-5-13-33(14-6-29)59(47,48)55-25-21-41-37-38(43(39(41)45)23-27-57-61(51,52)35-17-9-31(3)10-18-35)44(24-28-58-62(53,54)36-19-11-32(4)12-20-36)40(46)42(37)22-26-56-60(49,50)34-15-7-30(2)8-16-34/h5-20,37-38H,21-28H2,1-4H3. The van der Waals surface area contributed by atoms with E-state index in [0.29, 0.717) is 43.2 Å². The molecule has 2 aliphatic heterocycles. The van der Waals surface area contributed by atoms with E-state index >= 15 is 0 Å². The third-order valence-corrected chi connectivity index (χ3v) is 24.1. The van der Waals surface area contributed by atoms with Gasteiger partial charge in [-0.3, -0.25) is 19.6 Å². The molecule has 2 aliphatic rings. The van der Waals surface area contributed by atoms with Gasteiger partial charge in [-0.25, -0.2) is 43.3 Å². The quantitative estimate of drug-likeness (QED) is 0.0840. The minimum atomic E-state index is -3.85. The second kappa shape index (κ2) is 19.8. The van der Waals surface area contributed by atoms with Crippen LogP contribution in [0.4, 0.5) is 9.59 Å². The van der Waals surface area contributed by atoms with E-state index in [-0.39, 0.29) is 68.8 Å². The number of rotatable bonds is 20. The number of nitrogens with zero attached hydrogens (tertiary/aromatic N) is 4. The van der Waals surface area contributed by atoms with Crippen molar-refractivity contribution in [3.8, 4) is 0 Å². The Bertz CT molecular complexity index is 2330. The first kappa shape index (κ1) is 48.1. The summed E-state index contributed by atoms with van der Waals surface area (Å²) in [6.07, 6.45) is -2.12. The predicted molar refractivity (Wildman–Crippen MR) is 248 cm³/mol. The van der Waals surface area contributed by atoms with Gasteiger partial charge >= 0.3 is 12.1 Å². The molecule has 2 heterocycles. The highest BCUT2D eigenvalue weighted by Crippen LogP contribution is 2.38. The van der Waals surface area contributed by atoms with Gasteiger partial charge in [0.25, 0.3) is 0 Å². The van der Waals surface area contributed by atoms with Gasteiger partial charge in [-0.1, -0.05) is 70.8 Å². The molecule has 0 aromatic heterocycles. The van der Waals surface area contributed by atoms with E-state index in [4.69, 9.17) is 0 Å². The highest BCUT2D eigenvalue weighted by atomic mass is 33.2. The Hall–Kier alpha value is -3.38. The van der Waals surface area contributed by atoms with Crippen molar-refractivity contribution in [2.75, 3.05) is 49.2 Å². The minimum absolute atomic E-state index is 0.0842. The summed E-state index contributed by atoms with van der Waals surface area (Å²) in [6, 6.07) is 24.2. The Labute approximate surface area is 378 Å². The second-order valence-electron chi connectivity index (χ2n) is 14.5. The van der Waals surface area contributed by atoms with Crippen LogP contribution in [-0.4, -0.2) is 127 Å². The van der Waals surface area contributed by atoms with E-state index in [1.807, 2.05) is 27.7 Å². The van der Waals surface area contributed by atoms with E-state index in [1.165, 1.54) is 68.1 Å². The summed E-state index contributed by atoms with van der Waals surface area (Å²) in [5.74, 6) is -0.394. The van der Waals surface area contributed by atoms with Gasteiger partial charge in [0.2, 0.25) is 35.5 Å². The Morgan fingerprint density at radius 2 is 0.532 bits per heavy atom. The molecule has 4 aromatic rings. The molecule has 334 valence electrons. The zero-order valence-corrected chi connectivity index (χ0v) is 40.7. The van der Waals surface area contributed by atoms with Gasteiger partial charge in [-0.05, 0) is 119 Å². The number of aryl methyl sites for hydroxylation is 4. The van der Waals surface area contributed by atoms with Crippen molar-refractivity contribution < 1.29 is 43.3 Å². The number of benzene rings is 4. The monoisotopic (exact) mass is 998 g/mol. The highest BCUT2D eigenvalue weighted by Gasteiger charge is 2.58. The summed E-state index contributed by atoms with van der Waals surface area (Å²) in [7, 11) is -12.9. The van der Waals surface area contributed by atoms with Crippen molar-refractivity contribution in [1.29, 1.82) is 0 Å². The van der Waals surface area contributed by atoms with Crippen LogP contribution in [0.25, 0.3) is 0 Å². The van der Waals surface area contributed by atoms with Crippen molar-refractivity contribution in [3.05, 3.63) is 119 Å². The largest absolute Gasteiger partial charge is 0.323 e. The van der Waals surface area contributed by atoms with Gasteiger partial charge in [-0.2, -0.15) is 0 Å². The van der Waals surface area contributed by atoms with Gasteiger partial charge < -0.3 is 0 Å². The molecule has 0 bridgehead atoms. The van der Waals surface area contributed by atoms with Gasteiger partial charge in [0.15, 0.2) is 0 Å². The lowest BCUT2D eigenvalue weighted by molar-refractivity contribution is 0.136. The molecular formula is C40H46N4O10S8. The van der Waals surface area contributed by atoms with Gasteiger partial charge in [0.05, 0.1) is 19.6 Å².